The number of nitrogens with one attached hydrogen (secondary N) is 2. The van der Waals surface area contributed by atoms with Gasteiger partial charge < -0.3 is 4.74 Å². The summed E-state index contributed by atoms with van der Waals surface area (Å²) in [4.78, 5) is 10.9. The zero-order chi connectivity index (χ0) is 11.2. The van der Waals surface area contributed by atoms with E-state index in [1.165, 1.54) is 0 Å². The van der Waals surface area contributed by atoms with Gasteiger partial charge in [0.25, 0.3) is 0 Å². The van der Waals surface area contributed by atoms with Gasteiger partial charge in [0.15, 0.2) is 0 Å². The maximum atomic E-state index is 11.0. The van der Waals surface area contributed by atoms with Gasteiger partial charge in [-0.2, -0.15) is 13.1 Å². The fourth-order valence-corrected chi connectivity index (χ4v) is 1.73. The first kappa shape index (κ1) is 13.7. The molecule has 0 heterocycles. The Morgan fingerprint density at radius 2 is 2.07 bits per heavy atom. The maximum absolute atomic E-state index is 11.0. The Kier molecular flexibility index (Phi) is 6.05. The van der Waals surface area contributed by atoms with Crippen LogP contribution in [0.5, 0.6) is 0 Å². The summed E-state index contributed by atoms with van der Waals surface area (Å²) in [5.74, 6) is 0. The first-order valence-electron chi connectivity index (χ1n) is 3.91. The van der Waals surface area contributed by atoms with Crippen molar-refractivity contribution in [2.45, 2.75) is 20.0 Å². The lowest BCUT2D eigenvalue weighted by Crippen LogP contribution is -2.41. The number of hydrogen-bond donors (Lipinski definition) is 2. The molecule has 0 bridgehead atoms. The first-order chi connectivity index (χ1) is 6.37. The molecule has 0 aliphatic rings. The highest BCUT2D eigenvalue weighted by Gasteiger charge is 2.14. The van der Waals surface area contributed by atoms with Gasteiger partial charge in [0, 0.05) is 11.9 Å². The Labute approximate surface area is 91.7 Å². The minimum atomic E-state index is -3.79. The van der Waals surface area contributed by atoms with E-state index in [2.05, 4.69) is 25.4 Å². The number of rotatable bonds is 5. The number of ether oxygens (including phenoxy) is 1. The number of halogens is 1. The van der Waals surface area contributed by atoms with Crippen molar-refractivity contribution in [2.75, 3.05) is 11.9 Å². The molecule has 0 saturated carbocycles. The molecule has 6 nitrogen and oxygen atoms in total. The molecule has 0 spiro atoms. The van der Waals surface area contributed by atoms with E-state index in [0.717, 1.165) is 0 Å². The van der Waals surface area contributed by atoms with Gasteiger partial charge in [-0.05, 0) is 13.8 Å². The number of alkyl halides is 1. The second-order valence-corrected chi connectivity index (χ2v) is 4.94. The fraction of sp³-hybridized carbons (Fsp3) is 0.833. The van der Waals surface area contributed by atoms with Crippen molar-refractivity contribution in [3.05, 3.63) is 0 Å². The van der Waals surface area contributed by atoms with Gasteiger partial charge in [-0.15, -0.1) is 0 Å². The van der Waals surface area contributed by atoms with Crippen molar-refractivity contribution in [2.24, 2.45) is 0 Å². The second kappa shape index (κ2) is 6.20. The summed E-state index contributed by atoms with van der Waals surface area (Å²) in [6, 6.07) is 0. The van der Waals surface area contributed by atoms with Crippen molar-refractivity contribution < 1.29 is 17.9 Å². The average molecular weight is 289 g/mol. The van der Waals surface area contributed by atoms with E-state index in [0.29, 0.717) is 5.33 Å². The van der Waals surface area contributed by atoms with Gasteiger partial charge in [0.05, 0.1) is 6.10 Å². The molecule has 0 rings (SSSR count). The van der Waals surface area contributed by atoms with Gasteiger partial charge in [-0.1, -0.05) is 15.9 Å². The van der Waals surface area contributed by atoms with Crippen LogP contribution in [-0.2, 0) is 14.9 Å². The van der Waals surface area contributed by atoms with Crippen LogP contribution in [0.25, 0.3) is 0 Å². The lowest BCUT2D eigenvalue weighted by molar-refractivity contribution is 0.121. The molecule has 0 aromatic carbocycles. The standard InChI is InChI=1S/C6H13BrN2O4S/c1-5(2)13-6(10)9-14(11,12)8-4-3-7/h5,8H,3-4H2,1-2H3,(H,9,10). The quantitative estimate of drug-likeness (QED) is 0.715. The van der Waals surface area contributed by atoms with Crippen LogP contribution in [0.4, 0.5) is 4.79 Å². The van der Waals surface area contributed by atoms with E-state index in [1.54, 1.807) is 18.6 Å². The minimum Gasteiger partial charge on any atom is -0.446 e. The van der Waals surface area contributed by atoms with Gasteiger partial charge in [0.2, 0.25) is 0 Å². The smallest absolute Gasteiger partial charge is 0.422 e. The second-order valence-electron chi connectivity index (χ2n) is 2.64. The highest BCUT2D eigenvalue weighted by molar-refractivity contribution is 9.09. The van der Waals surface area contributed by atoms with Crippen molar-refractivity contribution in [1.29, 1.82) is 0 Å². The summed E-state index contributed by atoms with van der Waals surface area (Å²) in [5, 5.41) is 0.465. The Balaban J connectivity index is 4.03. The molecular weight excluding hydrogens is 276 g/mol. The van der Waals surface area contributed by atoms with Gasteiger partial charge in [-0.3, -0.25) is 0 Å². The zero-order valence-corrected chi connectivity index (χ0v) is 10.3. The normalized spacial score (nSPS) is 11.4. The molecule has 0 radical (unpaired) electrons. The van der Waals surface area contributed by atoms with E-state index >= 15 is 0 Å². The predicted octanol–water partition coefficient (Wildman–Crippen LogP) is 0.350. The van der Waals surface area contributed by atoms with Crippen LogP contribution < -0.4 is 9.44 Å². The van der Waals surface area contributed by atoms with E-state index in [4.69, 9.17) is 0 Å². The lowest BCUT2D eigenvalue weighted by Gasteiger charge is -2.09. The molecule has 0 saturated heterocycles. The topological polar surface area (TPSA) is 84.5 Å². The molecule has 0 aromatic rings. The molecule has 2 N–H and O–H groups in total. The summed E-state index contributed by atoms with van der Waals surface area (Å²) in [6.45, 7) is 3.44. The predicted molar refractivity (Wildman–Crippen MR) is 55.5 cm³/mol. The van der Waals surface area contributed by atoms with Crippen molar-refractivity contribution in [3.8, 4) is 0 Å². The van der Waals surface area contributed by atoms with Crippen LogP contribution in [0.15, 0.2) is 0 Å². The number of carbonyl (C=O) groups excluding carboxylic acids is 1. The Hall–Kier alpha value is -0.340. The van der Waals surface area contributed by atoms with Crippen LogP contribution in [0, 0.1) is 0 Å². The molecule has 0 atom stereocenters. The molecule has 0 aliphatic carbocycles. The van der Waals surface area contributed by atoms with Gasteiger partial charge in [0.1, 0.15) is 0 Å². The third-order valence-electron chi connectivity index (χ3n) is 0.947. The highest BCUT2D eigenvalue weighted by atomic mass is 79.9. The SMILES string of the molecule is CC(C)OC(=O)NS(=O)(=O)NCCBr. The Morgan fingerprint density at radius 1 is 1.50 bits per heavy atom. The Bertz CT molecular complexity index is 278. The van der Waals surface area contributed by atoms with E-state index in [9.17, 15) is 13.2 Å². The van der Waals surface area contributed by atoms with Crippen LogP contribution in [0.3, 0.4) is 0 Å². The minimum absolute atomic E-state index is 0.199. The molecule has 14 heavy (non-hydrogen) atoms. The maximum Gasteiger partial charge on any atom is 0.422 e. The van der Waals surface area contributed by atoms with Gasteiger partial charge >= 0.3 is 16.3 Å². The third-order valence-corrected chi connectivity index (χ3v) is 2.36. The number of carbonyl (C=O) groups is 1. The van der Waals surface area contributed by atoms with Crippen molar-refractivity contribution in [3.63, 3.8) is 0 Å². The van der Waals surface area contributed by atoms with Crippen molar-refractivity contribution >= 4 is 32.2 Å². The third kappa shape index (κ3) is 7.10. The van der Waals surface area contributed by atoms with E-state index in [1.807, 2.05) is 0 Å². The fourth-order valence-electron chi connectivity index (χ4n) is 0.557. The molecule has 84 valence electrons. The molecular formula is C6H13BrN2O4S. The molecule has 1 amide bonds. The summed E-state index contributed by atoms with van der Waals surface area (Å²) in [7, 11) is -3.79. The van der Waals surface area contributed by atoms with Crippen LogP contribution in [-0.4, -0.2) is 32.5 Å². The molecule has 0 fully saturated rings. The van der Waals surface area contributed by atoms with Crippen LogP contribution in [0.2, 0.25) is 0 Å². The summed E-state index contributed by atoms with van der Waals surface area (Å²) in [5.41, 5.74) is 0. The van der Waals surface area contributed by atoms with Crippen molar-refractivity contribution in [1.82, 2.24) is 9.44 Å². The van der Waals surface area contributed by atoms with E-state index < -0.39 is 16.3 Å². The molecule has 8 heteroatoms. The van der Waals surface area contributed by atoms with E-state index in [-0.39, 0.29) is 12.6 Å². The average Bonchev–Trinajstić information content (AvgIpc) is 1.98. The zero-order valence-electron chi connectivity index (χ0n) is 7.91. The lowest BCUT2D eigenvalue weighted by atomic mass is 10.5. The van der Waals surface area contributed by atoms with Crippen LogP contribution >= 0.6 is 15.9 Å². The summed E-state index contributed by atoms with van der Waals surface area (Å²) < 4.78 is 30.5. The largest absolute Gasteiger partial charge is 0.446 e. The molecule has 0 aliphatic heterocycles. The highest BCUT2D eigenvalue weighted by Crippen LogP contribution is 1.89. The number of hydrogen-bond acceptors (Lipinski definition) is 4. The van der Waals surface area contributed by atoms with Gasteiger partial charge in [-0.25, -0.2) is 9.52 Å². The van der Waals surface area contributed by atoms with Crippen LogP contribution in [0.1, 0.15) is 13.8 Å². The Morgan fingerprint density at radius 3 is 2.50 bits per heavy atom. The first-order valence-corrected chi connectivity index (χ1v) is 6.52. The monoisotopic (exact) mass is 288 g/mol. The number of amides is 1. The summed E-state index contributed by atoms with van der Waals surface area (Å²) in [6.07, 6.45) is -1.34. The molecule has 0 aromatic heterocycles. The summed E-state index contributed by atoms with van der Waals surface area (Å²) >= 11 is 3.04. The molecule has 0 unspecified atom stereocenters.